The molecule has 0 saturated carbocycles. The second-order valence-corrected chi connectivity index (χ2v) is 3.60. The van der Waals surface area contributed by atoms with Gasteiger partial charge in [-0.15, -0.1) is 10.2 Å². The molecule has 7 heteroatoms. The van der Waals surface area contributed by atoms with Crippen LogP contribution in [0.2, 0.25) is 10.3 Å². The Morgan fingerprint density at radius 1 is 1.50 bits per heavy atom. The Labute approximate surface area is 103 Å². The zero-order valence-corrected chi connectivity index (χ0v) is 10.2. The van der Waals surface area contributed by atoms with Crippen LogP contribution in [-0.2, 0) is 9.53 Å². The third kappa shape index (κ3) is 4.20. The molecule has 1 aromatic heterocycles. The van der Waals surface area contributed by atoms with Gasteiger partial charge in [-0.1, -0.05) is 23.2 Å². The Hall–Kier alpha value is -1.07. The molecule has 88 valence electrons. The van der Waals surface area contributed by atoms with E-state index in [1.807, 2.05) is 0 Å². The van der Waals surface area contributed by atoms with Crippen LogP contribution in [0.3, 0.4) is 0 Å². The number of carbonyl (C=O) groups is 1. The molecule has 0 aliphatic carbocycles. The van der Waals surface area contributed by atoms with Crippen molar-refractivity contribution in [3.63, 3.8) is 0 Å². The van der Waals surface area contributed by atoms with Crippen molar-refractivity contribution in [3.05, 3.63) is 16.4 Å². The summed E-state index contributed by atoms with van der Waals surface area (Å²) < 4.78 is 4.77. The summed E-state index contributed by atoms with van der Waals surface area (Å²) in [5.41, 5.74) is 0.547. The van der Waals surface area contributed by atoms with Gasteiger partial charge in [0.1, 0.15) is 0 Å². The lowest BCUT2D eigenvalue weighted by Crippen LogP contribution is -2.11. The van der Waals surface area contributed by atoms with Gasteiger partial charge in [0.2, 0.25) is 0 Å². The molecular formula is C9H11Cl2N3O2. The fraction of sp³-hybridized carbons (Fsp3) is 0.444. The molecule has 5 nitrogen and oxygen atoms in total. The lowest BCUT2D eigenvalue weighted by molar-refractivity contribution is -0.142. The number of nitrogens with zero attached hydrogens (tertiary/aromatic N) is 2. The predicted octanol–water partition coefficient (Wildman–Crippen LogP) is 2.15. The van der Waals surface area contributed by atoms with Crippen LogP contribution in [0.25, 0.3) is 0 Å². The molecule has 0 spiro atoms. The number of anilines is 1. The van der Waals surface area contributed by atoms with Gasteiger partial charge in [0.05, 0.1) is 18.7 Å². The first-order valence-corrected chi connectivity index (χ1v) is 5.47. The molecule has 0 amide bonds. The number of rotatable bonds is 5. The molecule has 0 atom stereocenters. The number of carbonyl (C=O) groups excluding carboxylic acids is 1. The summed E-state index contributed by atoms with van der Waals surface area (Å²) in [7, 11) is 0. The summed E-state index contributed by atoms with van der Waals surface area (Å²) in [6.45, 7) is 2.54. The molecule has 0 fully saturated rings. The van der Waals surface area contributed by atoms with E-state index < -0.39 is 0 Å². The van der Waals surface area contributed by atoms with Crippen molar-refractivity contribution in [1.29, 1.82) is 0 Å². The zero-order valence-electron chi connectivity index (χ0n) is 8.67. The van der Waals surface area contributed by atoms with Crippen molar-refractivity contribution >= 4 is 34.9 Å². The number of nitrogens with one attached hydrogen (secondary N) is 1. The Bertz CT molecular complexity index is 374. The number of aromatic nitrogens is 2. The zero-order chi connectivity index (χ0) is 12.0. The minimum Gasteiger partial charge on any atom is -0.466 e. The summed E-state index contributed by atoms with van der Waals surface area (Å²) in [5.74, 6) is -0.265. The lowest BCUT2D eigenvalue weighted by Gasteiger charge is -2.06. The lowest BCUT2D eigenvalue weighted by atomic mass is 10.4. The standard InChI is InChI=1S/C9H11Cl2N3O2/c1-2-16-8(15)3-4-12-6-5-7(10)13-14-9(6)11/h5H,2-4H2,1H3,(H,12,13). The number of halogens is 2. The summed E-state index contributed by atoms with van der Waals surface area (Å²) in [4.78, 5) is 11.0. The van der Waals surface area contributed by atoms with Crippen LogP contribution in [0.4, 0.5) is 5.69 Å². The Morgan fingerprint density at radius 3 is 2.94 bits per heavy atom. The highest BCUT2D eigenvalue weighted by molar-refractivity contribution is 6.33. The molecule has 0 aromatic carbocycles. The van der Waals surface area contributed by atoms with Crippen LogP contribution in [0.5, 0.6) is 0 Å². The average Bonchev–Trinajstić information content (AvgIpc) is 2.23. The third-order valence-electron chi connectivity index (χ3n) is 1.67. The van der Waals surface area contributed by atoms with E-state index in [0.717, 1.165) is 0 Å². The maximum atomic E-state index is 11.0. The summed E-state index contributed by atoms with van der Waals surface area (Å²) in [6, 6.07) is 1.54. The van der Waals surface area contributed by atoms with Crippen molar-refractivity contribution in [1.82, 2.24) is 10.2 Å². The maximum absolute atomic E-state index is 11.0. The highest BCUT2D eigenvalue weighted by Crippen LogP contribution is 2.20. The second-order valence-electron chi connectivity index (χ2n) is 2.85. The average molecular weight is 264 g/mol. The highest BCUT2D eigenvalue weighted by Gasteiger charge is 2.05. The largest absolute Gasteiger partial charge is 0.466 e. The molecule has 0 aliphatic heterocycles. The van der Waals surface area contributed by atoms with Crippen LogP contribution < -0.4 is 5.32 Å². The quantitative estimate of drug-likeness (QED) is 0.825. The number of hydrogen-bond acceptors (Lipinski definition) is 5. The van der Waals surface area contributed by atoms with Crippen LogP contribution in [0.1, 0.15) is 13.3 Å². The van der Waals surface area contributed by atoms with Gasteiger partial charge in [-0.25, -0.2) is 0 Å². The monoisotopic (exact) mass is 263 g/mol. The smallest absolute Gasteiger partial charge is 0.307 e. The molecule has 0 bridgehead atoms. The van der Waals surface area contributed by atoms with E-state index in [-0.39, 0.29) is 22.7 Å². The van der Waals surface area contributed by atoms with E-state index in [1.54, 1.807) is 13.0 Å². The minimum absolute atomic E-state index is 0.216. The molecule has 0 aliphatic rings. The summed E-state index contributed by atoms with van der Waals surface area (Å²) >= 11 is 11.4. The van der Waals surface area contributed by atoms with Gasteiger partial charge in [0, 0.05) is 12.6 Å². The number of ether oxygens (including phenoxy) is 1. The second kappa shape index (κ2) is 6.50. The first-order valence-electron chi connectivity index (χ1n) is 4.71. The Balaban J connectivity index is 2.42. The van der Waals surface area contributed by atoms with E-state index >= 15 is 0 Å². The fourth-order valence-corrected chi connectivity index (χ4v) is 1.32. The van der Waals surface area contributed by atoms with Crippen molar-refractivity contribution in [2.75, 3.05) is 18.5 Å². The van der Waals surface area contributed by atoms with Crippen molar-refractivity contribution in [3.8, 4) is 0 Å². The number of esters is 1. The molecule has 0 unspecified atom stereocenters. The van der Waals surface area contributed by atoms with E-state index in [1.165, 1.54) is 0 Å². The van der Waals surface area contributed by atoms with Gasteiger partial charge >= 0.3 is 5.97 Å². The predicted molar refractivity (Wildman–Crippen MR) is 61.8 cm³/mol. The molecule has 1 N–H and O–H groups in total. The minimum atomic E-state index is -0.265. The van der Waals surface area contributed by atoms with Crippen LogP contribution in [0.15, 0.2) is 6.07 Å². The molecular weight excluding hydrogens is 253 g/mol. The van der Waals surface area contributed by atoms with Crippen LogP contribution >= 0.6 is 23.2 Å². The van der Waals surface area contributed by atoms with E-state index in [4.69, 9.17) is 27.9 Å². The molecule has 0 radical (unpaired) electrons. The number of hydrogen-bond donors (Lipinski definition) is 1. The van der Waals surface area contributed by atoms with E-state index in [9.17, 15) is 4.79 Å². The molecule has 0 saturated heterocycles. The normalized spacial score (nSPS) is 9.94. The SMILES string of the molecule is CCOC(=O)CCNc1cc(Cl)nnc1Cl. The van der Waals surface area contributed by atoms with E-state index in [2.05, 4.69) is 15.5 Å². The fourth-order valence-electron chi connectivity index (χ4n) is 1.01. The van der Waals surface area contributed by atoms with E-state index in [0.29, 0.717) is 18.8 Å². The Morgan fingerprint density at radius 2 is 2.25 bits per heavy atom. The molecule has 1 aromatic rings. The summed E-state index contributed by atoms with van der Waals surface area (Å²) in [5, 5.41) is 10.6. The van der Waals surface area contributed by atoms with Crippen LogP contribution in [0, 0.1) is 0 Å². The Kier molecular flexibility index (Phi) is 5.28. The van der Waals surface area contributed by atoms with Crippen molar-refractivity contribution in [2.24, 2.45) is 0 Å². The van der Waals surface area contributed by atoms with Gasteiger partial charge < -0.3 is 10.1 Å². The highest BCUT2D eigenvalue weighted by atomic mass is 35.5. The van der Waals surface area contributed by atoms with Crippen molar-refractivity contribution < 1.29 is 9.53 Å². The third-order valence-corrected chi connectivity index (χ3v) is 2.13. The molecule has 1 rings (SSSR count). The molecule has 16 heavy (non-hydrogen) atoms. The summed E-state index contributed by atoms with van der Waals surface area (Å²) in [6.07, 6.45) is 0.254. The topological polar surface area (TPSA) is 64.1 Å². The van der Waals surface area contributed by atoms with Gasteiger partial charge in [0.25, 0.3) is 0 Å². The van der Waals surface area contributed by atoms with Gasteiger partial charge in [0.15, 0.2) is 10.3 Å². The first kappa shape index (κ1) is 13.0. The maximum Gasteiger partial charge on any atom is 0.307 e. The molecule has 1 heterocycles. The van der Waals surface area contributed by atoms with Gasteiger partial charge in [-0.3, -0.25) is 4.79 Å². The van der Waals surface area contributed by atoms with Crippen molar-refractivity contribution in [2.45, 2.75) is 13.3 Å². The van der Waals surface area contributed by atoms with Gasteiger partial charge in [-0.05, 0) is 6.92 Å². The first-order chi connectivity index (χ1) is 7.63. The van der Waals surface area contributed by atoms with Gasteiger partial charge in [-0.2, -0.15) is 0 Å². The van der Waals surface area contributed by atoms with Crippen LogP contribution in [-0.4, -0.2) is 29.3 Å².